The Bertz CT molecular complexity index is 1490. The molecule has 0 aliphatic heterocycles. The minimum absolute atomic E-state index is 0.163. The van der Waals surface area contributed by atoms with Gasteiger partial charge in [0.1, 0.15) is 6.04 Å². The van der Waals surface area contributed by atoms with Crippen molar-refractivity contribution >= 4 is 40.0 Å². The molecule has 3 aromatic heterocycles. The molecule has 0 radical (unpaired) electrons. The standard InChI is InChI=1S/C25H21ClN6O2/c26-19-9-3-1-8-18(19)24(33)29-21(13-16-14-27-20-10-4-2-7-17(16)20)25(34)28-15-23-31-30-22-11-5-6-12-32(22)23/h1-12,14,21,27H,13,15H2,(H,28,34)(H,29,33)/t21-/m1/s1. The second-order valence-corrected chi connectivity index (χ2v) is 8.24. The summed E-state index contributed by atoms with van der Waals surface area (Å²) in [6, 6.07) is 19.3. The molecule has 0 aliphatic carbocycles. The van der Waals surface area contributed by atoms with Crippen LogP contribution < -0.4 is 10.6 Å². The smallest absolute Gasteiger partial charge is 0.253 e. The number of H-pyrrole nitrogens is 1. The Labute approximate surface area is 200 Å². The van der Waals surface area contributed by atoms with Crippen molar-refractivity contribution in [1.29, 1.82) is 0 Å². The summed E-state index contributed by atoms with van der Waals surface area (Å²) in [5.41, 5.74) is 2.88. The summed E-state index contributed by atoms with van der Waals surface area (Å²) in [5.74, 6) is -0.163. The van der Waals surface area contributed by atoms with Gasteiger partial charge in [-0.05, 0) is 35.9 Å². The second kappa shape index (κ2) is 9.36. The molecule has 0 bridgehead atoms. The fourth-order valence-corrected chi connectivity index (χ4v) is 4.13. The van der Waals surface area contributed by atoms with Crippen LogP contribution in [0.1, 0.15) is 21.7 Å². The van der Waals surface area contributed by atoms with Crippen LogP contribution in [0.25, 0.3) is 16.6 Å². The van der Waals surface area contributed by atoms with Crippen molar-refractivity contribution in [1.82, 2.24) is 30.2 Å². The lowest BCUT2D eigenvalue weighted by atomic mass is 10.0. The number of hydrogen-bond donors (Lipinski definition) is 3. The van der Waals surface area contributed by atoms with Crippen LogP contribution in [-0.4, -0.2) is 37.4 Å². The number of fused-ring (bicyclic) bond motifs is 2. The third kappa shape index (κ3) is 4.35. The van der Waals surface area contributed by atoms with E-state index < -0.39 is 11.9 Å². The zero-order chi connectivity index (χ0) is 23.5. The van der Waals surface area contributed by atoms with E-state index in [2.05, 4.69) is 25.8 Å². The van der Waals surface area contributed by atoms with Crippen LogP contribution in [0.5, 0.6) is 0 Å². The van der Waals surface area contributed by atoms with Gasteiger partial charge in [0.25, 0.3) is 5.91 Å². The van der Waals surface area contributed by atoms with Gasteiger partial charge in [-0.1, -0.05) is 48.0 Å². The topological polar surface area (TPSA) is 104 Å². The molecule has 5 rings (SSSR count). The number of aromatic amines is 1. The van der Waals surface area contributed by atoms with Gasteiger partial charge in [0.2, 0.25) is 5.91 Å². The van der Waals surface area contributed by atoms with E-state index in [-0.39, 0.29) is 12.5 Å². The highest BCUT2D eigenvalue weighted by Gasteiger charge is 2.24. The maximum atomic E-state index is 13.3. The first-order valence-corrected chi connectivity index (χ1v) is 11.1. The van der Waals surface area contributed by atoms with E-state index in [1.165, 1.54) is 0 Å². The summed E-state index contributed by atoms with van der Waals surface area (Å²) >= 11 is 6.20. The molecule has 0 unspecified atom stereocenters. The molecule has 3 N–H and O–H groups in total. The Kier molecular flexibility index (Phi) is 5.97. The molecular weight excluding hydrogens is 452 g/mol. The maximum Gasteiger partial charge on any atom is 0.253 e. The van der Waals surface area contributed by atoms with E-state index >= 15 is 0 Å². The van der Waals surface area contributed by atoms with E-state index in [4.69, 9.17) is 11.6 Å². The van der Waals surface area contributed by atoms with E-state index in [9.17, 15) is 9.59 Å². The number of nitrogens with one attached hydrogen (secondary N) is 3. The molecule has 0 saturated carbocycles. The van der Waals surface area contributed by atoms with Crippen LogP contribution in [0.15, 0.2) is 79.1 Å². The molecule has 5 aromatic rings. The fraction of sp³-hybridized carbons (Fsp3) is 0.120. The lowest BCUT2D eigenvalue weighted by Gasteiger charge is -2.18. The van der Waals surface area contributed by atoms with Crippen molar-refractivity contribution < 1.29 is 9.59 Å². The minimum Gasteiger partial charge on any atom is -0.361 e. The molecule has 8 nitrogen and oxygen atoms in total. The number of carbonyl (C=O) groups is 2. The van der Waals surface area contributed by atoms with Gasteiger partial charge in [-0.15, -0.1) is 10.2 Å². The summed E-state index contributed by atoms with van der Waals surface area (Å²) in [7, 11) is 0. The normalized spacial score (nSPS) is 12.0. The average molecular weight is 473 g/mol. The highest BCUT2D eigenvalue weighted by atomic mass is 35.5. The molecule has 170 valence electrons. The molecule has 1 atom stereocenters. The zero-order valence-corrected chi connectivity index (χ0v) is 18.8. The highest BCUT2D eigenvalue weighted by Crippen LogP contribution is 2.20. The number of nitrogens with zero attached hydrogens (tertiary/aromatic N) is 3. The lowest BCUT2D eigenvalue weighted by Crippen LogP contribution is -2.48. The van der Waals surface area contributed by atoms with Crippen LogP contribution in [0.4, 0.5) is 0 Å². The van der Waals surface area contributed by atoms with Crippen molar-refractivity contribution in [3.8, 4) is 0 Å². The lowest BCUT2D eigenvalue weighted by molar-refractivity contribution is -0.123. The van der Waals surface area contributed by atoms with Gasteiger partial charge in [0, 0.05) is 29.7 Å². The van der Waals surface area contributed by atoms with Gasteiger partial charge in [-0.3, -0.25) is 14.0 Å². The third-order valence-corrected chi connectivity index (χ3v) is 5.97. The van der Waals surface area contributed by atoms with E-state index in [1.807, 2.05) is 54.9 Å². The average Bonchev–Trinajstić information content (AvgIpc) is 3.46. The number of pyridine rings is 1. The van der Waals surface area contributed by atoms with Crippen LogP contribution in [0.2, 0.25) is 5.02 Å². The summed E-state index contributed by atoms with van der Waals surface area (Å²) in [6.45, 7) is 0.163. The van der Waals surface area contributed by atoms with E-state index in [0.29, 0.717) is 28.5 Å². The molecule has 0 fully saturated rings. The largest absolute Gasteiger partial charge is 0.361 e. The molecule has 0 saturated heterocycles. The summed E-state index contributed by atoms with van der Waals surface area (Å²) < 4.78 is 1.80. The number of para-hydroxylation sites is 1. The maximum absolute atomic E-state index is 13.3. The first kappa shape index (κ1) is 21.7. The first-order chi connectivity index (χ1) is 16.6. The number of carbonyl (C=O) groups excluding carboxylic acids is 2. The number of hydrogen-bond acceptors (Lipinski definition) is 4. The first-order valence-electron chi connectivity index (χ1n) is 10.8. The summed E-state index contributed by atoms with van der Waals surface area (Å²) in [4.78, 5) is 29.4. The molecule has 9 heteroatoms. The van der Waals surface area contributed by atoms with E-state index in [1.54, 1.807) is 28.7 Å². The zero-order valence-electron chi connectivity index (χ0n) is 18.0. The Hall–Kier alpha value is -4.17. The molecule has 34 heavy (non-hydrogen) atoms. The molecular formula is C25H21ClN6O2. The van der Waals surface area contributed by atoms with Crippen molar-refractivity contribution in [3.05, 3.63) is 101 Å². The fourth-order valence-electron chi connectivity index (χ4n) is 3.91. The van der Waals surface area contributed by atoms with Gasteiger partial charge in [-0.2, -0.15) is 0 Å². The Balaban J connectivity index is 1.38. The van der Waals surface area contributed by atoms with Crippen LogP contribution in [0, 0.1) is 0 Å². The van der Waals surface area contributed by atoms with Crippen molar-refractivity contribution in [2.45, 2.75) is 19.0 Å². The SMILES string of the molecule is O=C(N[C@H](Cc1c[nH]c2ccccc12)C(=O)NCc1nnc2ccccn12)c1ccccc1Cl. The Morgan fingerprint density at radius 3 is 2.68 bits per heavy atom. The Morgan fingerprint density at radius 2 is 1.79 bits per heavy atom. The quantitative estimate of drug-likeness (QED) is 0.337. The Morgan fingerprint density at radius 1 is 1.00 bits per heavy atom. The van der Waals surface area contributed by atoms with Crippen LogP contribution in [0.3, 0.4) is 0 Å². The number of halogens is 1. The van der Waals surface area contributed by atoms with Crippen molar-refractivity contribution in [3.63, 3.8) is 0 Å². The van der Waals surface area contributed by atoms with E-state index in [0.717, 1.165) is 16.5 Å². The predicted molar refractivity (Wildman–Crippen MR) is 130 cm³/mol. The van der Waals surface area contributed by atoms with Gasteiger partial charge in [0.15, 0.2) is 11.5 Å². The number of rotatable bonds is 7. The summed E-state index contributed by atoms with van der Waals surface area (Å²) in [6.07, 6.45) is 3.99. The number of amides is 2. The second-order valence-electron chi connectivity index (χ2n) is 7.83. The molecule has 2 amide bonds. The monoisotopic (exact) mass is 472 g/mol. The van der Waals surface area contributed by atoms with Gasteiger partial charge in [0.05, 0.1) is 17.1 Å². The molecule has 3 heterocycles. The number of benzene rings is 2. The molecule has 2 aromatic carbocycles. The third-order valence-electron chi connectivity index (χ3n) is 5.64. The minimum atomic E-state index is -0.831. The molecule has 0 aliphatic rings. The van der Waals surface area contributed by atoms with Gasteiger partial charge < -0.3 is 15.6 Å². The highest BCUT2D eigenvalue weighted by molar-refractivity contribution is 6.33. The summed E-state index contributed by atoms with van der Waals surface area (Å²) in [5, 5.41) is 15.3. The van der Waals surface area contributed by atoms with Crippen molar-refractivity contribution in [2.24, 2.45) is 0 Å². The van der Waals surface area contributed by atoms with Crippen LogP contribution in [-0.2, 0) is 17.8 Å². The van der Waals surface area contributed by atoms with Crippen molar-refractivity contribution in [2.75, 3.05) is 0 Å². The predicted octanol–water partition coefficient (Wildman–Crippen LogP) is 3.52. The van der Waals surface area contributed by atoms with Gasteiger partial charge in [-0.25, -0.2) is 0 Å². The number of aromatic nitrogens is 4. The van der Waals surface area contributed by atoms with Gasteiger partial charge >= 0.3 is 0 Å². The molecule has 0 spiro atoms. The van der Waals surface area contributed by atoms with Crippen LogP contribution >= 0.6 is 11.6 Å².